The van der Waals surface area contributed by atoms with E-state index in [0.29, 0.717) is 19.0 Å². The van der Waals surface area contributed by atoms with Crippen LogP contribution in [0, 0.1) is 0 Å². The topological polar surface area (TPSA) is 40.6 Å². The molecule has 1 unspecified atom stereocenters. The minimum Gasteiger partial charge on any atom is -0.338 e. The first-order chi connectivity index (χ1) is 14.2. The molecule has 2 aromatic rings. The molecule has 0 bridgehead atoms. The highest BCUT2D eigenvalue weighted by molar-refractivity contribution is 5.95. The van der Waals surface area contributed by atoms with Crippen LogP contribution >= 0.6 is 0 Å². The molecule has 2 aromatic carbocycles. The van der Waals surface area contributed by atoms with Crippen LogP contribution in [-0.4, -0.2) is 34.2 Å². The van der Waals surface area contributed by atoms with E-state index in [1.165, 1.54) is 11.1 Å². The van der Waals surface area contributed by atoms with E-state index in [0.717, 1.165) is 56.2 Å². The largest absolute Gasteiger partial charge is 0.338 e. The molecule has 150 valence electrons. The lowest BCUT2D eigenvalue weighted by Crippen LogP contribution is -2.38. The Morgan fingerprint density at radius 2 is 1.76 bits per heavy atom. The van der Waals surface area contributed by atoms with E-state index in [1.807, 2.05) is 29.2 Å². The van der Waals surface area contributed by atoms with E-state index in [4.69, 9.17) is 0 Å². The number of carbonyl (C=O) groups excluding carboxylic acids is 2. The van der Waals surface area contributed by atoms with Crippen molar-refractivity contribution in [2.24, 2.45) is 0 Å². The fourth-order valence-electron chi connectivity index (χ4n) is 4.93. The number of rotatable bonds is 5. The Morgan fingerprint density at radius 3 is 2.48 bits per heavy atom. The normalized spacial score (nSPS) is 21.2. The molecule has 1 saturated carbocycles. The summed E-state index contributed by atoms with van der Waals surface area (Å²) in [7, 11) is 0. The maximum absolute atomic E-state index is 13.5. The standard InChI is InChI=1S/C25H28N2O2/c28-24-9-4-16-26(24)17-18-10-12-20(13-11-18)25(29)27(21-14-15-21)23-8-3-6-19-5-1-2-7-22(19)23/h1-2,5,7,10-13,21,23H,3-4,6,8-9,14-17H2. The van der Waals surface area contributed by atoms with Gasteiger partial charge >= 0.3 is 0 Å². The fourth-order valence-corrected chi connectivity index (χ4v) is 4.93. The lowest BCUT2D eigenvalue weighted by molar-refractivity contribution is -0.128. The zero-order valence-corrected chi connectivity index (χ0v) is 16.8. The van der Waals surface area contributed by atoms with Crippen molar-refractivity contribution in [3.63, 3.8) is 0 Å². The second-order valence-corrected chi connectivity index (χ2v) is 8.67. The van der Waals surface area contributed by atoms with Crippen LogP contribution in [0.4, 0.5) is 0 Å². The van der Waals surface area contributed by atoms with E-state index < -0.39 is 0 Å². The molecule has 2 amide bonds. The number of amides is 2. The molecule has 4 heteroatoms. The van der Waals surface area contributed by atoms with Crippen LogP contribution in [0.15, 0.2) is 48.5 Å². The SMILES string of the molecule is O=C1CCCN1Cc1ccc(C(=O)N(C2CC2)C2CCCc3ccccc32)cc1. The minimum atomic E-state index is 0.151. The number of fused-ring (bicyclic) bond motifs is 1. The summed E-state index contributed by atoms with van der Waals surface area (Å²) in [6, 6.07) is 17.1. The smallest absolute Gasteiger partial charge is 0.254 e. The van der Waals surface area contributed by atoms with Crippen molar-refractivity contribution in [1.29, 1.82) is 0 Å². The molecule has 0 spiro atoms. The molecule has 0 aromatic heterocycles. The van der Waals surface area contributed by atoms with Gasteiger partial charge in [0.15, 0.2) is 0 Å². The predicted molar refractivity (Wildman–Crippen MR) is 112 cm³/mol. The molecule has 5 rings (SSSR count). The van der Waals surface area contributed by atoms with Gasteiger partial charge in [0, 0.05) is 31.1 Å². The first-order valence-corrected chi connectivity index (χ1v) is 11.0. The Bertz CT molecular complexity index is 917. The number of hydrogen-bond acceptors (Lipinski definition) is 2. The van der Waals surface area contributed by atoms with Crippen LogP contribution in [0.5, 0.6) is 0 Å². The highest BCUT2D eigenvalue weighted by Gasteiger charge is 2.39. The predicted octanol–water partition coefficient (Wildman–Crippen LogP) is 4.49. The summed E-state index contributed by atoms with van der Waals surface area (Å²) in [5.74, 6) is 0.388. The maximum Gasteiger partial charge on any atom is 0.254 e. The van der Waals surface area contributed by atoms with Gasteiger partial charge in [0.1, 0.15) is 0 Å². The Morgan fingerprint density at radius 1 is 0.966 bits per heavy atom. The Balaban J connectivity index is 1.36. The van der Waals surface area contributed by atoms with Gasteiger partial charge in [-0.25, -0.2) is 0 Å². The number of hydrogen-bond donors (Lipinski definition) is 0. The Kier molecular flexibility index (Phi) is 4.86. The summed E-state index contributed by atoms with van der Waals surface area (Å²) in [5.41, 5.74) is 4.59. The van der Waals surface area contributed by atoms with Crippen LogP contribution in [-0.2, 0) is 17.8 Å². The Labute approximate surface area is 172 Å². The second kappa shape index (κ2) is 7.66. The third-order valence-electron chi connectivity index (χ3n) is 6.59. The van der Waals surface area contributed by atoms with Gasteiger partial charge in [0.05, 0.1) is 6.04 Å². The van der Waals surface area contributed by atoms with Crippen molar-refractivity contribution in [2.45, 2.75) is 63.6 Å². The molecule has 29 heavy (non-hydrogen) atoms. The van der Waals surface area contributed by atoms with Crippen LogP contribution < -0.4 is 0 Å². The monoisotopic (exact) mass is 388 g/mol. The van der Waals surface area contributed by atoms with E-state index in [2.05, 4.69) is 29.2 Å². The second-order valence-electron chi connectivity index (χ2n) is 8.67. The maximum atomic E-state index is 13.5. The van der Waals surface area contributed by atoms with Crippen LogP contribution in [0.2, 0.25) is 0 Å². The molecule has 2 aliphatic carbocycles. The van der Waals surface area contributed by atoms with Crippen molar-refractivity contribution >= 4 is 11.8 Å². The van der Waals surface area contributed by atoms with Gasteiger partial charge in [-0.05, 0) is 67.3 Å². The molecule has 4 nitrogen and oxygen atoms in total. The first-order valence-electron chi connectivity index (χ1n) is 11.0. The van der Waals surface area contributed by atoms with Gasteiger partial charge in [-0.2, -0.15) is 0 Å². The van der Waals surface area contributed by atoms with Crippen molar-refractivity contribution in [2.75, 3.05) is 6.54 Å². The molecular weight excluding hydrogens is 360 g/mol. The molecule has 1 saturated heterocycles. The van der Waals surface area contributed by atoms with Gasteiger partial charge in [-0.1, -0.05) is 36.4 Å². The lowest BCUT2D eigenvalue weighted by Gasteiger charge is -2.36. The molecule has 0 N–H and O–H groups in total. The summed E-state index contributed by atoms with van der Waals surface area (Å²) in [6.45, 7) is 1.49. The van der Waals surface area contributed by atoms with Crippen molar-refractivity contribution in [3.8, 4) is 0 Å². The van der Waals surface area contributed by atoms with Gasteiger partial charge in [0.2, 0.25) is 5.91 Å². The molecule has 2 fully saturated rings. The van der Waals surface area contributed by atoms with Gasteiger partial charge < -0.3 is 9.80 Å². The molecule has 1 heterocycles. The number of nitrogens with zero attached hydrogens (tertiary/aromatic N) is 2. The highest BCUT2D eigenvalue weighted by Crippen LogP contribution is 2.41. The summed E-state index contributed by atoms with van der Waals surface area (Å²) in [4.78, 5) is 29.4. The zero-order valence-electron chi connectivity index (χ0n) is 16.8. The first kappa shape index (κ1) is 18.4. The number of benzene rings is 2. The van der Waals surface area contributed by atoms with Crippen LogP contribution in [0.25, 0.3) is 0 Å². The fraction of sp³-hybridized carbons (Fsp3) is 0.440. The van der Waals surface area contributed by atoms with Crippen molar-refractivity contribution < 1.29 is 9.59 Å². The lowest BCUT2D eigenvalue weighted by atomic mass is 9.86. The summed E-state index contributed by atoms with van der Waals surface area (Å²) >= 11 is 0. The summed E-state index contributed by atoms with van der Waals surface area (Å²) in [6.07, 6.45) is 7.14. The number of likely N-dealkylation sites (tertiary alicyclic amines) is 1. The minimum absolute atomic E-state index is 0.151. The van der Waals surface area contributed by atoms with Crippen molar-refractivity contribution in [1.82, 2.24) is 9.80 Å². The van der Waals surface area contributed by atoms with Gasteiger partial charge in [-0.3, -0.25) is 9.59 Å². The van der Waals surface area contributed by atoms with E-state index in [9.17, 15) is 9.59 Å². The van der Waals surface area contributed by atoms with Crippen LogP contribution in [0.1, 0.15) is 71.6 Å². The van der Waals surface area contributed by atoms with E-state index in [-0.39, 0.29) is 17.9 Å². The third-order valence-corrected chi connectivity index (χ3v) is 6.59. The number of carbonyl (C=O) groups is 2. The van der Waals surface area contributed by atoms with E-state index >= 15 is 0 Å². The quantitative estimate of drug-likeness (QED) is 0.757. The molecule has 0 radical (unpaired) electrons. The van der Waals surface area contributed by atoms with E-state index in [1.54, 1.807) is 0 Å². The highest BCUT2D eigenvalue weighted by atomic mass is 16.2. The molecular formula is C25H28N2O2. The zero-order chi connectivity index (χ0) is 19.8. The van der Waals surface area contributed by atoms with Crippen molar-refractivity contribution in [3.05, 3.63) is 70.8 Å². The van der Waals surface area contributed by atoms with Gasteiger partial charge in [0.25, 0.3) is 5.91 Å². The average Bonchev–Trinajstić information content (AvgIpc) is 3.51. The third kappa shape index (κ3) is 3.68. The molecule has 1 atom stereocenters. The Hall–Kier alpha value is -2.62. The average molecular weight is 389 g/mol. The molecule has 1 aliphatic heterocycles. The summed E-state index contributed by atoms with van der Waals surface area (Å²) < 4.78 is 0. The van der Waals surface area contributed by atoms with Crippen LogP contribution in [0.3, 0.4) is 0 Å². The molecule has 3 aliphatic rings. The number of aryl methyl sites for hydroxylation is 1. The summed E-state index contributed by atoms with van der Waals surface area (Å²) in [5, 5.41) is 0. The van der Waals surface area contributed by atoms with Gasteiger partial charge in [-0.15, -0.1) is 0 Å².